The average molecular weight is 376 g/mol. The van der Waals surface area contributed by atoms with Crippen LogP contribution in [-0.2, 0) is 4.79 Å². The zero-order valence-corrected chi connectivity index (χ0v) is 14.9. The first-order chi connectivity index (χ1) is 12.5. The van der Waals surface area contributed by atoms with Crippen LogP contribution in [-0.4, -0.2) is 54.3 Å². The molecule has 0 radical (unpaired) electrons. The Morgan fingerprint density at radius 1 is 1.00 bits per heavy atom. The monoisotopic (exact) mass is 375 g/mol. The fraction of sp³-hybridized carbons (Fsp3) is 0.263. The van der Waals surface area contributed by atoms with Crippen LogP contribution in [0.4, 0.5) is 10.1 Å². The largest absolute Gasteiger partial charge is 0.336 e. The van der Waals surface area contributed by atoms with Crippen LogP contribution >= 0.6 is 11.6 Å². The number of halogens is 2. The Bertz CT molecular complexity index is 772. The molecular weight excluding hydrogens is 357 g/mol. The van der Waals surface area contributed by atoms with Gasteiger partial charge in [0, 0.05) is 31.9 Å². The number of benzene rings is 2. The summed E-state index contributed by atoms with van der Waals surface area (Å²) < 4.78 is 13.9. The van der Waals surface area contributed by atoms with E-state index < -0.39 is 11.7 Å². The molecule has 2 aromatic rings. The third kappa shape index (κ3) is 4.39. The van der Waals surface area contributed by atoms with Crippen LogP contribution in [0, 0.1) is 5.82 Å². The summed E-state index contributed by atoms with van der Waals surface area (Å²) in [5, 5.41) is 2.95. The van der Waals surface area contributed by atoms with Gasteiger partial charge in [0.15, 0.2) is 0 Å². The Balaban J connectivity index is 1.53. The summed E-state index contributed by atoms with van der Waals surface area (Å²) in [5.74, 6) is -1.14. The normalized spacial score (nSPS) is 14.9. The van der Waals surface area contributed by atoms with Gasteiger partial charge < -0.3 is 10.2 Å². The lowest BCUT2D eigenvalue weighted by Gasteiger charge is -2.34. The molecule has 0 aliphatic carbocycles. The van der Waals surface area contributed by atoms with E-state index >= 15 is 0 Å². The van der Waals surface area contributed by atoms with Gasteiger partial charge in [-0.3, -0.25) is 14.5 Å². The Morgan fingerprint density at radius 2 is 1.69 bits per heavy atom. The van der Waals surface area contributed by atoms with Crippen molar-refractivity contribution in [3.63, 3.8) is 0 Å². The minimum atomic E-state index is -0.618. The molecule has 2 aromatic carbocycles. The van der Waals surface area contributed by atoms with Gasteiger partial charge in [-0.05, 0) is 24.3 Å². The number of piperazine rings is 1. The number of carbonyl (C=O) groups excluding carboxylic acids is 2. The minimum Gasteiger partial charge on any atom is -0.336 e. The van der Waals surface area contributed by atoms with Crippen molar-refractivity contribution in [3.05, 3.63) is 64.9 Å². The van der Waals surface area contributed by atoms with E-state index in [2.05, 4.69) is 5.32 Å². The first kappa shape index (κ1) is 18.4. The second-order valence-corrected chi connectivity index (χ2v) is 6.49. The number of rotatable bonds is 4. The average Bonchev–Trinajstić information content (AvgIpc) is 2.63. The van der Waals surface area contributed by atoms with Crippen LogP contribution in [0.1, 0.15) is 10.4 Å². The van der Waals surface area contributed by atoms with Gasteiger partial charge >= 0.3 is 0 Å². The van der Waals surface area contributed by atoms with Gasteiger partial charge in [0.05, 0.1) is 17.1 Å². The summed E-state index contributed by atoms with van der Waals surface area (Å²) in [6.45, 7) is 2.17. The van der Waals surface area contributed by atoms with Crippen LogP contribution in [0.15, 0.2) is 48.5 Å². The lowest BCUT2D eigenvalue weighted by Crippen LogP contribution is -2.50. The molecule has 0 atom stereocenters. The zero-order chi connectivity index (χ0) is 18.5. The van der Waals surface area contributed by atoms with Crippen molar-refractivity contribution in [2.24, 2.45) is 0 Å². The Labute approximate surface area is 156 Å². The van der Waals surface area contributed by atoms with E-state index in [9.17, 15) is 14.0 Å². The summed E-state index contributed by atoms with van der Waals surface area (Å²) in [6, 6.07) is 13.4. The number of nitrogens with zero attached hydrogens (tertiary/aromatic N) is 2. The summed E-state index contributed by atoms with van der Waals surface area (Å²) >= 11 is 5.97. The highest BCUT2D eigenvalue weighted by Gasteiger charge is 2.26. The summed E-state index contributed by atoms with van der Waals surface area (Å²) in [6.07, 6.45) is 0. The Kier molecular flexibility index (Phi) is 5.85. The maximum absolute atomic E-state index is 13.9. The number of anilines is 1. The van der Waals surface area contributed by atoms with E-state index in [0.717, 1.165) is 5.69 Å². The fourth-order valence-corrected chi connectivity index (χ4v) is 3.14. The quantitative estimate of drug-likeness (QED) is 0.894. The maximum Gasteiger partial charge on any atom is 0.258 e. The van der Waals surface area contributed by atoms with Gasteiger partial charge in [-0.2, -0.15) is 0 Å². The van der Waals surface area contributed by atoms with Crippen molar-refractivity contribution in [2.75, 3.05) is 38.0 Å². The molecule has 5 nitrogen and oxygen atoms in total. The Hall–Kier alpha value is -2.44. The molecule has 0 spiro atoms. The lowest BCUT2D eigenvalue weighted by molar-refractivity contribution is -0.117. The number of hydrogen-bond donors (Lipinski definition) is 1. The van der Waals surface area contributed by atoms with E-state index in [-0.39, 0.29) is 23.0 Å². The molecule has 1 aliphatic heterocycles. The van der Waals surface area contributed by atoms with Crippen molar-refractivity contribution in [1.29, 1.82) is 0 Å². The topological polar surface area (TPSA) is 52.7 Å². The number of carbonyl (C=O) groups is 2. The predicted molar refractivity (Wildman–Crippen MR) is 98.8 cm³/mol. The summed E-state index contributed by atoms with van der Waals surface area (Å²) in [7, 11) is 0. The third-order valence-corrected chi connectivity index (χ3v) is 4.58. The van der Waals surface area contributed by atoms with Gasteiger partial charge in [0.25, 0.3) is 5.91 Å². The predicted octanol–water partition coefficient (Wildman–Crippen LogP) is 2.88. The molecule has 0 saturated carbocycles. The van der Waals surface area contributed by atoms with Crippen molar-refractivity contribution in [1.82, 2.24) is 9.80 Å². The summed E-state index contributed by atoms with van der Waals surface area (Å²) in [5.41, 5.74) is 0.657. The molecule has 1 heterocycles. The van der Waals surface area contributed by atoms with E-state index in [1.165, 1.54) is 18.2 Å². The van der Waals surface area contributed by atoms with Gasteiger partial charge in [-0.15, -0.1) is 0 Å². The second kappa shape index (κ2) is 8.29. The van der Waals surface area contributed by atoms with Crippen LogP contribution in [0.2, 0.25) is 5.02 Å². The van der Waals surface area contributed by atoms with Crippen LogP contribution in [0.3, 0.4) is 0 Å². The van der Waals surface area contributed by atoms with Crippen molar-refractivity contribution < 1.29 is 14.0 Å². The van der Waals surface area contributed by atoms with E-state index in [1.54, 1.807) is 4.90 Å². The Morgan fingerprint density at radius 3 is 2.35 bits per heavy atom. The molecule has 7 heteroatoms. The number of para-hydroxylation sites is 1. The molecule has 1 aliphatic rings. The third-order valence-electron chi connectivity index (χ3n) is 4.26. The molecule has 0 unspecified atom stereocenters. The van der Waals surface area contributed by atoms with Gasteiger partial charge in [-0.25, -0.2) is 4.39 Å². The highest BCUT2D eigenvalue weighted by Crippen LogP contribution is 2.21. The molecule has 26 heavy (non-hydrogen) atoms. The van der Waals surface area contributed by atoms with Gasteiger partial charge in [-0.1, -0.05) is 35.9 Å². The highest BCUT2D eigenvalue weighted by atomic mass is 35.5. The maximum atomic E-state index is 13.9. The molecule has 1 fully saturated rings. The van der Waals surface area contributed by atoms with Gasteiger partial charge in [0.2, 0.25) is 5.91 Å². The zero-order valence-electron chi connectivity index (χ0n) is 14.1. The van der Waals surface area contributed by atoms with E-state index in [1.807, 2.05) is 35.2 Å². The van der Waals surface area contributed by atoms with Crippen molar-refractivity contribution in [3.8, 4) is 0 Å². The number of nitrogens with one attached hydrogen (secondary N) is 1. The standard InChI is InChI=1S/C19H19ClFN3O2/c20-15-7-4-8-16(21)18(15)19(26)24-11-9-23(10-12-24)13-17(25)22-14-5-2-1-3-6-14/h1-8H,9-13H2,(H,22,25). The van der Waals surface area contributed by atoms with Crippen LogP contribution < -0.4 is 5.32 Å². The fourth-order valence-electron chi connectivity index (χ4n) is 2.89. The van der Waals surface area contributed by atoms with E-state index in [0.29, 0.717) is 26.2 Å². The molecule has 1 saturated heterocycles. The minimum absolute atomic E-state index is 0.0931. The number of amides is 2. The van der Waals surface area contributed by atoms with Crippen molar-refractivity contribution in [2.45, 2.75) is 0 Å². The van der Waals surface area contributed by atoms with Crippen LogP contribution in [0.5, 0.6) is 0 Å². The smallest absolute Gasteiger partial charge is 0.258 e. The molecule has 0 aromatic heterocycles. The van der Waals surface area contributed by atoms with Crippen LogP contribution in [0.25, 0.3) is 0 Å². The first-order valence-corrected chi connectivity index (χ1v) is 8.73. The molecular formula is C19H19ClFN3O2. The lowest BCUT2D eigenvalue weighted by atomic mass is 10.1. The molecule has 0 bridgehead atoms. The van der Waals surface area contributed by atoms with Gasteiger partial charge in [0.1, 0.15) is 5.82 Å². The molecule has 2 amide bonds. The molecule has 3 rings (SSSR count). The van der Waals surface area contributed by atoms with Crippen molar-refractivity contribution >= 4 is 29.1 Å². The molecule has 136 valence electrons. The SMILES string of the molecule is O=C(CN1CCN(C(=O)c2c(F)cccc2Cl)CC1)Nc1ccccc1. The summed E-state index contributed by atoms with van der Waals surface area (Å²) in [4.78, 5) is 28.2. The van der Waals surface area contributed by atoms with E-state index in [4.69, 9.17) is 11.6 Å². The molecule has 1 N–H and O–H groups in total. The first-order valence-electron chi connectivity index (χ1n) is 8.35. The second-order valence-electron chi connectivity index (χ2n) is 6.08. The number of hydrogen-bond acceptors (Lipinski definition) is 3. The highest BCUT2D eigenvalue weighted by molar-refractivity contribution is 6.33.